The van der Waals surface area contributed by atoms with Crippen molar-refractivity contribution >= 4 is 11.6 Å². The maximum absolute atomic E-state index is 6.01. The van der Waals surface area contributed by atoms with Gasteiger partial charge in [0, 0.05) is 23.5 Å². The molecule has 0 fully saturated rings. The van der Waals surface area contributed by atoms with Gasteiger partial charge >= 0.3 is 0 Å². The van der Waals surface area contributed by atoms with Gasteiger partial charge in [-0.25, -0.2) is 0 Å². The number of aryl methyl sites for hydroxylation is 1. The van der Waals surface area contributed by atoms with Crippen molar-refractivity contribution in [2.45, 2.75) is 39.2 Å². The molecule has 0 aliphatic rings. The summed E-state index contributed by atoms with van der Waals surface area (Å²) in [5, 5.41) is 4.35. The zero-order chi connectivity index (χ0) is 15.2. The Morgan fingerprint density at radius 2 is 1.57 bits per heavy atom. The van der Waals surface area contributed by atoms with Crippen molar-refractivity contribution < 1.29 is 0 Å². The Morgan fingerprint density at radius 1 is 0.952 bits per heavy atom. The third kappa shape index (κ3) is 5.18. The third-order valence-corrected chi connectivity index (χ3v) is 3.97. The van der Waals surface area contributed by atoms with E-state index in [0.29, 0.717) is 12.0 Å². The van der Waals surface area contributed by atoms with Crippen LogP contribution in [-0.4, -0.2) is 12.6 Å². The first kappa shape index (κ1) is 16.1. The summed E-state index contributed by atoms with van der Waals surface area (Å²) in [6.07, 6.45) is 1.04. The minimum atomic E-state index is 0.465. The second-order valence-electron chi connectivity index (χ2n) is 6.00. The number of benzene rings is 2. The van der Waals surface area contributed by atoms with Crippen LogP contribution in [0.15, 0.2) is 48.5 Å². The fourth-order valence-corrected chi connectivity index (χ4v) is 2.56. The van der Waals surface area contributed by atoms with Gasteiger partial charge in [0.25, 0.3) is 0 Å². The standard InChI is InChI=1S/C19H24ClN/c1-14(2)21-13-18(17-8-10-19(20)11-9-17)12-16-6-4-15(3)5-7-16/h4-11,14,18,21H,12-13H2,1-3H3. The van der Waals surface area contributed by atoms with Crippen LogP contribution in [0.5, 0.6) is 0 Å². The van der Waals surface area contributed by atoms with E-state index in [1.165, 1.54) is 16.7 Å². The molecule has 2 heteroatoms. The molecule has 0 spiro atoms. The van der Waals surface area contributed by atoms with Gasteiger partial charge in [0.05, 0.1) is 0 Å². The van der Waals surface area contributed by atoms with Gasteiger partial charge in [0.2, 0.25) is 0 Å². The molecule has 0 radical (unpaired) electrons. The lowest BCUT2D eigenvalue weighted by atomic mass is 9.91. The number of rotatable bonds is 6. The van der Waals surface area contributed by atoms with Crippen LogP contribution in [0, 0.1) is 6.92 Å². The molecule has 0 saturated heterocycles. The molecular weight excluding hydrogens is 278 g/mol. The van der Waals surface area contributed by atoms with Crippen LogP contribution >= 0.6 is 11.6 Å². The predicted molar refractivity (Wildman–Crippen MR) is 92.2 cm³/mol. The predicted octanol–water partition coefficient (Wildman–Crippen LogP) is 4.97. The number of hydrogen-bond acceptors (Lipinski definition) is 1. The van der Waals surface area contributed by atoms with E-state index in [2.05, 4.69) is 62.5 Å². The summed E-state index contributed by atoms with van der Waals surface area (Å²) >= 11 is 6.01. The number of nitrogens with one attached hydrogen (secondary N) is 1. The first-order chi connectivity index (χ1) is 10.0. The van der Waals surface area contributed by atoms with E-state index in [0.717, 1.165) is 18.0 Å². The van der Waals surface area contributed by atoms with Crippen LogP contribution in [0.2, 0.25) is 5.02 Å². The molecule has 0 saturated carbocycles. The van der Waals surface area contributed by atoms with E-state index in [9.17, 15) is 0 Å². The summed E-state index contributed by atoms with van der Waals surface area (Å²) in [5.74, 6) is 0.465. The van der Waals surface area contributed by atoms with Gasteiger partial charge < -0.3 is 5.32 Å². The van der Waals surface area contributed by atoms with Crippen LogP contribution in [0.25, 0.3) is 0 Å². The van der Waals surface area contributed by atoms with Crippen molar-refractivity contribution in [3.8, 4) is 0 Å². The highest BCUT2D eigenvalue weighted by atomic mass is 35.5. The zero-order valence-electron chi connectivity index (χ0n) is 13.1. The monoisotopic (exact) mass is 301 g/mol. The highest BCUT2D eigenvalue weighted by molar-refractivity contribution is 6.30. The molecule has 1 unspecified atom stereocenters. The molecule has 1 atom stereocenters. The Morgan fingerprint density at radius 3 is 2.14 bits per heavy atom. The molecule has 2 rings (SSSR count). The quantitative estimate of drug-likeness (QED) is 0.794. The van der Waals surface area contributed by atoms with E-state index in [-0.39, 0.29) is 0 Å². The smallest absolute Gasteiger partial charge is 0.0406 e. The maximum Gasteiger partial charge on any atom is 0.0406 e. The summed E-state index contributed by atoms with van der Waals surface area (Å²) < 4.78 is 0. The Kier molecular flexibility index (Phi) is 5.84. The molecule has 112 valence electrons. The average Bonchev–Trinajstić information content (AvgIpc) is 2.46. The second kappa shape index (κ2) is 7.63. The normalized spacial score (nSPS) is 12.6. The molecule has 2 aromatic carbocycles. The Hall–Kier alpha value is -1.31. The molecule has 1 nitrogen and oxygen atoms in total. The lowest BCUT2D eigenvalue weighted by molar-refractivity contribution is 0.527. The molecular formula is C19H24ClN. The zero-order valence-corrected chi connectivity index (χ0v) is 13.8. The molecule has 21 heavy (non-hydrogen) atoms. The van der Waals surface area contributed by atoms with Crippen LogP contribution in [-0.2, 0) is 6.42 Å². The van der Waals surface area contributed by atoms with Crippen LogP contribution < -0.4 is 5.32 Å². The summed E-state index contributed by atoms with van der Waals surface area (Å²) in [6, 6.07) is 17.6. The van der Waals surface area contributed by atoms with Crippen molar-refractivity contribution in [3.63, 3.8) is 0 Å². The van der Waals surface area contributed by atoms with Gasteiger partial charge in [0.15, 0.2) is 0 Å². The molecule has 1 N–H and O–H groups in total. The number of hydrogen-bond donors (Lipinski definition) is 1. The summed E-state index contributed by atoms with van der Waals surface area (Å²) in [5.41, 5.74) is 4.03. The maximum atomic E-state index is 6.01. The van der Waals surface area contributed by atoms with E-state index in [1.54, 1.807) is 0 Å². The van der Waals surface area contributed by atoms with Gasteiger partial charge in [-0.05, 0) is 36.6 Å². The van der Waals surface area contributed by atoms with Gasteiger partial charge in [0.1, 0.15) is 0 Å². The molecule has 0 bridgehead atoms. The van der Waals surface area contributed by atoms with Crippen LogP contribution in [0.3, 0.4) is 0 Å². The molecule has 0 amide bonds. The summed E-state index contributed by atoms with van der Waals surface area (Å²) in [7, 11) is 0. The van der Waals surface area contributed by atoms with E-state index >= 15 is 0 Å². The average molecular weight is 302 g/mol. The molecule has 0 aromatic heterocycles. The Labute approximate surface area is 133 Å². The third-order valence-electron chi connectivity index (χ3n) is 3.72. The van der Waals surface area contributed by atoms with E-state index in [1.807, 2.05) is 12.1 Å². The fourth-order valence-electron chi connectivity index (χ4n) is 2.43. The van der Waals surface area contributed by atoms with Crippen molar-refractivity contribution in [1.29, 1.82) is 0 Å². The Balaban J connectivity index is 2.14. The van der Waals surface area contributed by atoms with Crippen molar-refractivity contribution in [1.82, 2.24) is 5.32 Å². The highest BCUT2D eigenvalue weighted by Gasteiger charge is 2.13. The molecule has 0 aliphatic heterocycles. The minimum Gasteiger partial charge on any atom is -0.314 e. The molecule has 0 aliphatic carbocycles. The van der Waals surface area contributed by atoms with Gasteiger partial charge in [-0.15, -0.1) is 0 Å². The first-order valence-electron chi connectivity index (χ1n) is 7.59. The number of halogens is 1. The topological polar surface area (TPSA) is 12.0 Å². The SMILES string of the molecule is Cc1ccc(CC(CNC(C)C)c2ccc(Cl)cc2)cc1. The van der Waals surface area contributed by atoms with E-state index in [4.69, 9.17) is 11.6 Å². The largest absolute Gasteiger partial charge is 0.314 e. The summed E-state index contributed by atoms with van der Waals surface area (Å²) in [6.45, 7) is 7.48. The lowest BCUT2D eigenvalue weighted by Crippen LogP contribution is -2.28. The van der Waals surface area contributed by atoms with Crippen molar-refractivity contribution in [3.05, 3.63) is 70.2 Å². The van der Waals surface area contributed by atoms with Crippen molar-refractivity contribution in [2.75, 3.05) is 6.54 Å². The van der Waals surface area contributed by atoms with Crippen LogP contribution in [0.1, 0.15) is 36.5 Å². The van der Waals surface area contributed by atoms with Crippen LogP contribution in [0.4, 0.5) is 0 Å². The highest BCUT2D eigenvalue weighted by Crippen LogP contribution is 2.22. The van der Waals surface area contributed by atoms with Gasteiger partial charge in [-0.3, -0.25) is 0 Å². The minimum absolute atomic E-state index is 0.465. The van der Waals surface area contributed by atoms with Gasteiger partial charge in [-0.2, -0.15) is 0 Å². The molecule has 0 heterocycles. The van der Waals surface area contributed by atoms with Gasteiger partial charge in [-0.1, -0.05) is 67.4 Å². The fraction of sp³-hybridized carbons (Fsp3) is 0.368. The first-order valence-corrected chi connectivity index (χ1v) is 7.97. The summed E-state index contributed by atoms with van der Waals surface area (Å²) in [4.78, 5) is 0. The second-order valence-corrected chi connectivity index (χ2v) is 6.44. The molecule has 2 aromatic rings. The van der Waals surface area contributed by atoms with E-state index < -0.39 is 0 Å². The Bertz CT molecular complexity index is 543. The lowest BCUT2D eigenvalue weighted by Gasteiger charge is -2.20. The van der Waals surface area contributed by atoms with Crippen molar-refractivity contribution in [2.24, 2.45) is 0 Å².